The summed E-state index contributed by atoms with van der Waals surface area (Å²) in [4.78, 5) is 46.9. The number of hydrogen-bond donors (Lipinski definition) is 0. The van der Waals surface area contributed by atoms with Crippen molar-refractivity contribution < 1.29 is 18.8 Å². The maximum Gasteiger partial charge on any atom is 0.255 e. The van der Waals surface area contributed by atoms with Gasteiger partial charge in [0, 0.05) is 56.5 Å². The van der Waals surface area contributed by atoms with Gasteiger partial charge in [-0.15, -0.1) is 0 Å². The van der Waals surface area contributed by atoms with Gasteiger partial charge in [0.05, 0.1) is 17.2 Å². The second kappa shape index (κ2) is 13.1. The van der Waals surface area contributed by atoms with Gasteiger partial charge >= 0.3 is 0 Å². The Hall–Kier alpha value is -5.00. The average molecular weight is 561 g/mol. The van der Waals surface area contributed by atoms with Crippen molar-refractivity contribution in [3.05, 3.63) is 136 Å². The van der Waals surface area contributed by atoms with Gasteiger partial charge in [-0.3, -0.25) is 24.3 Å². The summed E-state index contributed by atoms with van der Waals surface area (Å²) in [5.41, 5.74) is 4.15. The number of carbonyl (C=O) groups excluding carboxylic acids is 3. The minimum atomic E-state index is -0.292. The van der Waals surface area contributed by atoms with E-state index in [9.17, 15) is 18.8 Å². The summed E-state index contributed by atoms with van der Waals surface area (Å²) in [6.07, 6.45) is 2.31. The molecule has 1 fully saturated rings. The number of amides is 1. The molecule has 3 aromatic carbocycles. The molecule has 1 amide bonds. The first-order valence-electron chi connectivity index (χ1n) is 13.8. The van der Waals surface area contributed by atoms with Gasteiger partial charge in [-0.2, -0.15) is 5.26 Å². The van der Waals surface area contributed by atoms with Crippen LogP contribution in [0.2, 0.25) is 0 Å². The van der Waals surface area contributed by atoms with Crippen LogP contribution in [0.1, 0.15) is 59.9 Å². The Labute approximate surface area is 243 Å². The van der Waals surface area contributed by atoms with Crippen LogP contribution in [0.3, 0.4) is 0 Å². The van der Waals surface area contributed by atoms with Gasteiger partial charge in [0.25, 0.3) is 5.91 Å². The lowest BCUT2D eigenvalue weighted by atomic mass is 9.99. The fourth-order valence-corrected chi connectivity index (χ4v) is 4.90. The minimum Gasteiger partial charge on any atom is -0.336 e. The van der Waals surface area contributed by atoms with Crippen molar-refractivity contribution in [1.82, 2.24) is 14.8 Å². The molecular weight excluding hydrogens is 531 g/mol. The molecule has 0 unspecified atom stereocenters. The predicted octanol–water partition coefficient (Wildman–Crippen LogP) is 5.10. The molecule has 5 rings (SSSR count). The Morgan fingerprint density at radius 3 is 2.00 bits per heavy atom. The number of halogens is 1. The molecule has 42 heavy (non-hydrogen) atoms. The zero-order chi connectivity index (χ0) is 29.5. The Kier molecular flexibility index (Phi) is 8.90. The molecule has 1 aromatic heterocycles. The molecule has 1 saturated heterocycles. The normalized spacial score (nSPS) is 13.4. The fraction of sp³-hybridized carbons (Fsp3) is 0.206. The van der Waals surface area contributed by atoms with E-state index < -0.39 is 0 Å². The molecule has 7 nitrogen and oxygen atoms in total. The third-order valence-electron chi connectivity index (χ3n) is 7.41. The van der Waals surface area contributed by atoms with Crippen LogP contribution in [0, 0.1) is 17.1 Å². The van der Waals surface area contributed by atoms with Crippen LogP contribution in [-0.2, 0) is 13.0 Å². The SMILES string of the molecule is N#Cc1ccc(CCC(=O)c2ccc(C(=O)c3ccc(C(=O)N4CCN(Cc5ccc(F)cc5)CC4)cn3)cc2)cc1. The number of benzene rings is 3. The molecule has 0 bridgehead atoms. The molecule has 2 heterocycles. The predicted molar refractivity (Wildman–Crippen MR) is 156 cm³/mol. The van der Waals surface area contributed by atoms with Crippen LogP contribution >= 0.6 is 0 Å². The molecule has 0 atom stereocenters. The highest BCUT2D eigenvalue weighted by Crippen LogP contribution is 2.16. The molecule has 1 aliphatic rings. The molecule has 0 saturated carbocycles. The van der Waals surface area contributed by atoms with E-state index >= 15 is 0 Å². The number of hydrogen-bond acceptors (Lipinski definition) is 6. The molecule has 210 valence electrons. The van der Waals surface area contributed by atoms with Crippen molar-refractivity contribution in [2.45, 2.75) is 19.4 Å². The summed E-state index contributed by atoms with van der Waals surface area (Å²) < 4.78 is 13.1. The van der Waals surface area contributed by atoms with Crippen LogP contribution in [0.25, 0.3) is 0 Å². The first-order chi connectivity index (χ1) is 20.4. The summed E-state index contributed by atoms with van der Waals surface area (Å²) in [6, 6.07) is 25.4. The number of ketones is 2. The topological polar surface area (TPSA) is 94.4 Å². The summed E-state index contributed by atoms with van der Waals surface area (Å²) >= 11 is 0. The molecule has 4 aromatic rings. The van der Waals surface area contributed by atoms with Gasteiger partial charge < -0.3 is 4.90 Å². The van der Waals surface area contributed by atoms with E-state index in [-0.39, 0.29) is 29.0 Å². The number of Topliss-reactive ketones (excluding diaryl/α,β-unsaturated/α-hetero) is 1. The lowest BCUT2D eigenvalue weighted by Crippen LogP contribution is -2.48. The smallest absolute Gasteiger partial charge is 0.255 e. The van der Waals surface area contributed by atoms with E-state index in [0.29, 0.717) is 67.8 Å². The Morgan fingerprint density at radius 2 is 1.38 bits per heavy atom. The highest BCUT2D eigenvalue weighted by molar-refractivity contribution is 6.08. The number of rotatable bonds is 9. The van der Waals surface area contributed by atoms with Gasteiger partial charge in [-0.05, 0) is 53.9 Å². The van der Waals surface area contributed by atoms with Crippen LogP contribution in [0.5, 0.6) is 0 Å². The zero-order valence-electron chi connectivity index (χ0n) is 23.0. The van der Waals surface area contributed by atoms with E-state index in [0.717, 1.165) is 11.1 Å². The van der Waals surface area contributed by atoms with E-state index in [2.05, 4.69) is 16.0 Å². The zero-order valence-corrected chi connectivity index (χ0v) is 23.0. The number of nitriles is 1. The number of carbonyl (C=O) groups is 3. The Morgan fingerprint density at radius 1 is 0.762 bits per heavy atom. The van der Waals surface area contributed by atoms with Crippen molar-refractivity contribution in [2.75, 3.05) is 26.2 Å². The van der Waals surface area contributed by atoms with Crippen molar-refractivity contribution in [2.24, 2.45) is 0 Å². The van der Waals surface area contributed by atoms with Crippen molar-refractivity contribution in [3.8, 4) is 6.07 Å². The molecule has 0 aliphatic carbocycles. The lowest BCUT2D eigenvalue weighted by molar-refractivity contribution is 0.0627. The second-order valence-electron chi connectivity index (χ2n) is 10.3. The van der Waals surface area contributed by atoms with Crippen LogP contribution < -0.4 is 0 Å². The Bertz CT molecular complexity index is 1600. The first kappa shape index (κ1) is 28.5. The summed E-state index contributed by atoms with van der Waals surface area (Å²) in [7, 11) is 0. The maximum atomic E-state index is 13.1. The van der Waals surface area contributed by atoms with Crippen LogP contribution in [0.15, 0.2) is 91.1 Å². The first-order valence-corrected chi connectivity index (χ1v) is 13.8. The molecule has 1 aliphatic heterocycles. The van der Waals surface area contributed by atoms with Crippen LogP contribution in [0.4, 0.5) is 4.39 Å². The van der Waals surface area contributed by atoms with Gasteiger partial charge in [-0.1, -0.05) is 48.5 Å². The monoisotopic (exact) mass is 560 g/mol. The van der Waals surface area contributed by atoms with E-state index in [1.165, 1.54) is 18.3 Å². The second-order valence-corrected chi connectivity index (χ2v) is 10.3. The van der Waals surface area contributed by atoms with E-state index in [4.69, 9.17) is 5.26 Å². The van der Waals surface area contributed by atoms with Crippen molar-refractivity contribution in [3.63, 3.8) is 0 Å². The number of nitrogens with zero attached hydrogens (tertiary/aromatic N) is 4. The fourth-order valence-electron chi connectivity index (χ4n) is 4.90. The molecule has 0 spiro atoms. The average Bonchev–Trinajstić information content (AvgIpc) is 3.05. The quantitative estimate of drug-likeness (QED) is 0.265. The standard InChI is InChI=1S/C34H29FN4O3/c35-30-13-5-26(6-14-30)23-38-17-19-39(20-18-38)34(42)29-12-15-31(37-22-29)33(41)28-10-8-27(9-11-28)32(40)16-7-24-1-3-25(21-36)4-2-24/h1-6,8-15,22H,7,16-20,23H2. The third kappa shape index (κ3) is 7.00. The molecule has 0 N–H and O–H groups in total. The Balaban J connectivity index is 1.12. The highest BCUT2D eigenvalue weighted by atomic mass is 19.1. The molecular formula is C34H29FN4O3. The number of pyridine rings is 1. The van der Waals surface area contributed by atoms with Crippen LogP contribution in [-0.4, -0.2) is 58.4 Å². The van der Waals surface area contributed by atoms with Gasteiger partial charge in [-0.25, -0.2) is 4.39 Å². The lowest BCUT2D eigenvalue weighted by Gasteiger charge is -2.34. The van der Waals surface area contributed by atoms with Crippen molar-refractivity contribution >= 4 is 17.5 Å². The van der Waals surface area contributed by atoms with Gasteiger partial charge in [0.15, 0.2) is 5.78 Å². The highest BCUT2D eigenvalue weighted by Gasteiger charge is 2.23. The summed E-state index contributed by atoms with van der Waals surface area (Å²) in [5.74, 6) is -0.712. The third-order valence-corrected chi connectivity index (χ3v) is 7.41. The largest absolute Gasteiger partial charge is 0.336 e. The number of piperazine rings is 1. The summed E-state index contributed by atoms with van der Waals surface area (Å²) in [6.45, 7) is 3.26. The number of aromatic nitrogens is 1. The maximum absolute atomic E-state index is 13.1. The molecule has 0 radical (unpaired) electrons. The minimum absolute atomic E-state index is 0.0318. The van der Waals surface area contributed by atoms with Gasteiger partial charge in [0.1, 0.15) is 11.5 Å². The van der Waals surface area contributed by atoms with E-state index in [1.54, 1.807) is 65.6 Å². The number of aryl methyl sites for hydroxylation is 1. The van der Waals surface area contributed by atoms with Crippen molar-refractivity contribution in [1.29, 1.82) is 5.26 Å². The summed E-state index contributed by atoms with van der Waals surface area (Å²) in [5, 5.41) is 8.91. The van der Waals surface area contributed by atoms with Gasteiger partial charge in [0.2, 0.25) is 5.78 Å². The molecule has 8 heteroatoms. The van der Waals surface area contributed by atoms with E-state index in [1.807, 2.05) is 12.1 Å².